The molecule has 24 heavy (non-hydrogen) atoms. The highest BCUT2D eigenvalue weighted by atomic mass is 18.1. The molecule has 0 fully saturated rings. The highest BCUT2D eigenvalue weighted by molar-refractivity contribution is 6.12. The van der Waals surface area contributed by atoms with Crippen LogP contribution < -0.4 is 0 Å². The topological polar surface area (TPSA) is 30.0 Å². The van der Waals surface area contributed by atoms with Crippen molar-refractivity contribution in [2.75, 3.05) is 0 Å². The summed E-state index contributed by atoms with van der Waals surface area (Å²) in [5, 5.41) is 1.03. The summed E-state index contributed by atoms with van der Waals surface area (Å²) in [5.74, 6) is -0.0554. The van der Waals surface area contributed by atoms with Crippen molar-refractivity contribution < 1.29 is 4.79 Å². The van der Waals surface area contributed by atoms with E-state index in [0.29, 0.717) is 11.3 Å². The molecule has 4 aromatic rings. The molecule has 0 saturated carbocycles. The van der Waals surface area contributed by atoms with Crippen LogP contribution >= 0.6 is 0 Å². The molecule has 114 valence electrons. The van der Waals surface area contributed by atoms with Gasteiger partial charge in [-0.25, -0.2) is 4.98 Å². The van der Waals surface area contributed by atoms with Gasteiger partial charge in [0.25, 0.3) is 0 Å². The van der Waals surface area contributed by atoms with Crippen molar-refractivity contribution in [3.8, 4) is 11.1 Å². The van der Waals surface area contributed by atoms with Gasteiger partial charge in [-0.2, -0.15) is 0 Å². The SMILES string of the molecule is [18O]=C(c1ccccc1)c1nc2ccccc2cc1-c1ccccc1. The number of hydrogen-bond donors (Lipinski definition) is 0. The Hall–Kier alpha value is -3.26. The third-order valence-corrected chi connectivity index (χ3v) is 4.06. The molecule has 0 spiro atoms. The van der Waals surface area contributed by atoms with E-state index in [1.54, 1.807) is 0 Å². The first-order chi connectivity index (χ1) is 11.8. The Morgan fingerprint density at radius 2 is 1.33 bits per heavy atom. The first kappa shape index (κ1) is 14.3. The summed E-state index contributed by atoms with van der Waals surface area (Å²) in [6.45, 7) is 0. The fraction of sp³-hybridized carbons (Fsp3) is 0. The zero-order valence-electron chi connectivity index (χ0n) is 13.0. The van der Waals surface area contributed by atoms with Crippen molar-refractivity contribution in [2.45, 2.75) is 0 Å². The van der Waals surface area contributed by atoms with Crippen LogP contribution in [0.5, 0.6) is 0 Å². The zero-order chi connectivity index (χ0) is 16.4. The van der Waals surface area contributed by atoms with E-state index in [1.165, 1.54) is 0 Å². The van der Waals surface area contributed by atoms with E-state index in [-0.39, 0.29) is 5.78 Å². The minimum absolute atomic E-state index is 0.0554. The smallest absolute Gasteiger partial charge is 0.212 e. The summed E-state index contributed by atoms with van der Waals surface area (Å²) < 4.78 is 0. The number of para-hydroxylation sites is 1. The van der Waals surface area contributed by atoms with Crippen LogP contribution in [0, 0.1) is 0 Å². The third kappa shape index (κ3) is 2.59. The molecule has 0 bridgehead atoms. The van der Waals surface area contributed by atoms with Gasteiger partial charge in [0, 0.05) is 16.5 Å². The molecule has 3 aromatic carbocycles. The Kier molecular flexibility index (Phi) is 3.64. The van der Waals surface area contributed by atoms with E-state index in [0.717, 1.165) is 22.0 Å². The molecule has 2 nitrogen and oxygen atoms in total. The van der Waals surface area contributed by atoms with Gasteiger partial charge in [-0.05, 0) is 17.7 Å². The summed E-state index contributed by atoms with van der Waals surface area (Å²) in [6, 6.07) is 29.2. The lowest BCUT2D eigenvalue weighted by molar-refractivity contribution is 0.103. The summed E-state index contributed by atoms with van der Waals surface area (Å²) in [4.78, 5) is 17.7. The maximum Gasteiger partial charge on any atom is 0.212 e. The summed E-state index contributed by atoms with van der Waals surface area (Å²) >= 11 is 0. The summed E-state index contributed by atoms with van der Waals surface area (Å²) in [7, 11) is 0. The lowest BCUT2D eigenvalue weighted by Crippen LogP contribution is -2.06. The van der Waals surface area contributed by atoms with Crippen LogP contribution in [-0.2, 0) is 0 Å². The van der Waals surface area contributed by atoms with Crippen molar-refractivity contribution in [1.29, 1.82) is 0 Å². The standard InChI is InChI=1S/C22H15NO/c24-22(17-11-5-2-6-12-17)21-19(16-9-3-1-4-10-16)15-18-13-7-8-14-20(18)23-21/h1-15H/i24+2. The van der Waals surface area contributed by atoms with Crippen LogP contribution in [0.4, 0.5) is 0 Å². The van der Waals surface area contributed by atoms with E-state index in [9.17, 15) is 4.79 Å². The number of fused-ring (bicyclic) bond motifs is 1. The van der Waals surface area contributed by atoms with Crippen molar-refractivity contribution in [2.24, 2.45) is 0 Å². The molecule has 0 aliphatic carbocycles. The first-order valence-electron chi connectivity index (χ1n) is 7.88. The Bertz CT molecular complexity index is 1010. The number of ketones is 1. The summed E-state index contributed by atoms with van der Waals surface area (Å²) in [5.41, 5.74) is 3.83. The van der Waals surface area contributed by atoms with Gasteiger partial charge < -0.3 is 0 Å². The predicted octanol–water partition coefficient (Wildman–Crippen LogP) is 5.13. The molecule has 0 atom stereocenters. The van der Waals surface area contributed by atoms with E-state index < -0.39 is 0 Å². The minimum atomic E-state index is -0.0554. The van der Waals surface area contributed by atoms with Gasteiger partial charge in [-0.15, -0.1) is 0 Å². The van der Waals surface area contributed by atoms with E-state index in [2.05, 4.69) is 4.98 Å². The van der Waals surface area contributed by atoms with Crippen molar-refractivity contribution >= 4 is 16.7 Å². The largest absolute Gasteiger partial charge is 0.287 e. The number of nitrogens with zero attached hydrogens (tertiary/aromatic N) is 1. The van der Waals surface area contributed by atoms with Gasteiger partial charge >= 0.3 is 0 Å². The number of pyridine rings is 1. The normalized spacial score (nSPS) is 10.7. The molecule has 1 heterocycles. The number of carbonyl (C=O) groups excluding carboxylic acids is 1. The van der Waals surface area contributed by atoms with Gasteiger partial charge in [-0.3, -0.25) is 4.79 Å². The van der Waals surface area contributed by atoms with Crippen LogP contribution in [0.15, 0.2) is 91.0 Å². The number of rotatable bonds is 3. The van der Waals surface area contributed by atoms with Gasteiger partial charge in [0.2, 0.25) is 5.78 Å². The number of benzene rings is 3. The lowest BCUT2D eigenvalue weighted by atomic mass is 9.97. The van der Waals surface area contributed by atoms with E-state index in [4.69, 9.17) is 0 Å². The number of hydrogen-bond acceptors (Lipinski definition) is 2. The molecule has 0 N–H and O–H groups in total. The van der Waals surface area contributed by atoms with Gasteiger partial charge in [-0.1, -0.05) is 78.9 Å². The second-order valence-corrected chi connectivity index (χ2v) is 5.64. The molecular formula is C22H15NO. The maximum absolute atomic E-state index is 13.0. The van der Waals surface area contributed by atoms with Crippen LogP contribution in [0.2, 0.25) is 0 Å². The Morgan fingerprint density at radius 3 is 2.08 bits per heavy atom. The molecular weight excluding hydrogens is 296 g/mol. The molecule has 1 aromatic heterocycles. The Balaban J connectivity index is 1.97. The second kappa shape index (κ2) is 6.09. The first-order valence-corrected chi connectivity index (χ1v) is 7.88. The maximum atomic E-state index is 13.0. The highest BCUT2D eigenvalue weighted by Gasteiger charge is 2.17. The molecule has 0 radical (unpaired) electrons. The van der Waals surface area contributed by atoms with Crippen LogP contribution in [0.1, 0.15) is 16.1 Å². The molecule has 0 unspecified atom stereocenters. The highest BCUT2D eigenvalue weighted by Crippen LogP contribution is 2.28. The van der Waals surface area contributed by atoms with Crippen LogP contribution in [-0.4, -0.2) is 10.8 Å². The van der Waals surface area contributed by atoms with Crippen LogP contribution in [0.25, 0.3) is 22.0 Å². The molecule has 0 aliphatic heterocycles. The van der Waals surface area contributed by atoms with Crippen molar-refractivity contribution in [1.82, 2.24) is 4.98 Å². The monoisotopic (exact) mass is 311 g/mol. The number of aromatic nitrogens is 1. The fourth-order valence-corrected chi connectivity index (χ4v) is 2.85. The molecule has 0 saturated heterocycles. The molecule has 2 heteroatoms. The zero-order valence-corrected chi connectivity index (χ0v) is 13.0. The van der Waals surface area contributed by atoms with Crippen molar-refractivity contribution in [3.63, 3.8) is 0 Å². The van der Waals surface area contributed by atoms with E-state index >= 15 is 0 Å². The third-order valence-electron chi connectivity index (χ3n) is 4.06. The average molecular weight is 311 g/mol. The Morgan fingerprint density at radius 1 is 0.708 bits per heavy atom. The Labute approximate surface area is 140 Å². The predicted molar refractivity (Wildman–Crippen MR) is 97.1 cm³/mol. The lowest BCUT2D eigenvalue weighted by Gasteiger charge is -2.10. The minimum Gasteiger partial charge on any atom is -0.287 e. The number of carbonyl (C=O) groups is 1. The van der Waals surface area contributed by atoms with Gasteiger partial charge in [0.05, 0.1) is 5.52 Å². The average Bonchev–Trinajstić information content (AvgIpc) is 2.68. The summed E-state index contributed by atoms with van der Waals surface area (Å²) in [6.07, 6.45) is 0. The molecule has 0 aliphatic rings. The second-order valence-electron chi connectivity index (χ2n) is 5.64. The van der Waals surface area contributed by atoms with Gasteiger partial charge in [0.15, 0.2) is 0 Å². The van der Waals surface area contributed by atoms with Crippen molar-refractivity contribution in [3.05, 3.63) is 102 Å². The van der Waals surface area contributed by atoms with Gasteiger partial charge in [0.1, 0.15) is 5.69 Å². The fourth-order valence-electron chi connectivity index (χ4n) is 2.85. The van der Waals surface area contributed by atoms with E-state index in [1.807, 2.05) is 91.0 Å². The molecule has 4 rings (SSSR count). The quantitative estimate of drug-likeness (QED) is 0.388. The molecule has 0 amide bonds. The van der Waals surface area contributed by atoms with Crippen LogP contribution in [0.3, 0.4) is 0 Å².